The average Bonchev–Trinajstić information content (AvgIpc) is 3.11. The first-order valence-corrected chi connectivity index (χ1v) is 7.94. The third kappa shape index (κ3) is 4.36. The van der Waals surface area contributed by atoms with E-state index < -0.39 is 12.1 Å². The number of hydrogen-bond acceptors (Lipinski definition) is 5. The van der Waals surface area contributed by atoms with Crippen LogP contribution >= 0.6 is 0 Å². The highest BCUT2D eigenvalue weighted by Gasteiger charge is 2.38. The summed E-state index contributed by atoms with van der Waals surface area (Å²) >= 11 is 0. The number of piperidine rings is 1. The summed E-state index contributed by atoms with van der Waals surface area (Å²) in [6, 6.07) is 6.02. The van der Waals surface area contributed by atoms with Crippen molar-refractivity contribution >= 4 is 5.91 Å². The molecule has 1 aromatic carbocycles. The van der Waals surface area contributed by atoms with E-state index in [2.05, 4.69) is 25.3 Å². The van der Waals surface area contributed by atoms with Crippen LogP contribution in [0.2, 0.25) is 0 Å². The Morgan fingerprint density at radius 2 is 2.08 bits per heavy atom. The van der Waals surface area contributed by atoms with Crippen LogP contribution in [0.25, 0.3) is 11.4 Å². The van der Waals surface area contributed by atoms with E-state index >= 15 is 0 Å². The number of alkyl halides is 3. The standard InChI is InChI=1S/C16H17F3N4O2/c17-16(18,19)15-22-13(23-25-15)11-3-5-12(6-4-11)14(24)21-9-10-2-1-7-20-8-10/h3-6,10,20H,1-2,7-9H2,(H,21,24). The molecule has 25 heavy (non-hydrogen) atoms. The molecule has 2 heterocycles. The van der Waals surface area contributed by atoms with Crippen molar-refractivity contribution in [3.05, 3.63) is 35.7 Å². The lowest BCUT2D eigenvalue weighted by Gasteiger charge is -2.22. The zero-order chi connectivity index (χ0) is 17.9. The van der Waals surface area contributed by atoms with Crippen molar-refractivity contribution in [2.45, 2.75) is 19.0 Å². The maximum absolute atomic E-state index is 12.5. The van der Waals surface area contributed by atoms with Crippen molar-refractivity contribution in [3.63, 3.8) is 0 Å². The van der Waals surface area contributed by atoms with Gasteiger partial charge in [-0.25, -0.2) is 0 Å². The van der Waals surface area contributed by atoms with Crippen LogP contribution in [0.1, 0.15) is 29.1 Å². The number of benzene rings is 1. The molecule has 1 aromatic heterocycles. The third-order valence-corrected chi connectivity index (χ3v) is 4.02. The van der Waals surface area contributed by atoms with E-state index in [-0.39, 0.29) is 11.7 Å². The van der Waals surface area contributed by atoms with Crippen LogP contribution < -0.4 is 10.6 Å². The molecule has 1 fully saturated rings. The van der Waals surface area contributed by atoms with Crippen molar-refractivity contribution < 1.29 is 22.5 Å². The molecule has 0 spiro atoms. The van der Waals surface area contributed by atoms with Crippen LogP contribution in [0.3, 0.4) is 0 Å². The Bertz CT molecular complexity index is 722. The van der Waals surface area contributed by atoms with Crippen molar-refractivity contribution in [2.75, 3.05) is 19.6 Å². The van der Waals surface area contributed by atoms with Gasteiger partial charge in [-0.15, -0.1) is 0 Å². The fraction of sp³-hybridized carbons (Fsp3) is 0.438. The highest BCUT2D eigenvalue weighted by Crippen LogP contribution is 2.29. The molecule has 0 saturated carbocycles. The van der Waals surface area contributed by atoms with Crippen LogP contribution in [0.15, 0.2) is 28.8 Å². The van der Waals surface area contributed by atoms with Gasteiger partial charge in [0.25, 0.3) is 5.91 Å². The quantitative estimate of drug-likeness (QED) is 0.882. The normalized spacial score (nSPS) is 18.1. The van der Waals surface area contributed by atoms with Crippen molar-refractivity contribution in [2.24, 2.45) is 5.92 Å². The predicted octanol–water partition coefficient (Wildman–Crippen LogP) is 2.48. The van der Waals surface area contributed by atoms with Gasteiger partial charge in [0, 0.05) is 17.7 Å². The Labute approximate surface area is 141 Å². The predicted molar refractivity (Wildman–Crippen MR) is 82.7 cm³/mol. The second kappa shape index (κ2) is 7.22. The molecule has 0 aliphatic carbocycles. The number of carbonyl (C=O) groups is 1. The number of amides is 1. The zero-order valence-electron chi connectivity index (χ0n) is 13.3. The van der Waals surface area contributed by atoms with Crippen molar-refractivity contribution in [1.29, 1.82) is 0 Å². The minimum atomic E-state index is -4.68. The van der Waals surface area contributed by atoms with Gasteiger partial charge in [0.2, 0.25) is 5.82 Å². The van der Waals surface area contributed by atoms with E-state index in [4.69, 9.17) is 0 Å². The minimum absolute atomic E-state index is 0.174. The monoisotopic (exact) mass is 354 g/mol. The average molecular weight is 354 g/mol. The first kappa shape index (κ1) is 17.4. The molecule has 1 aliphatic rings. The smallest absolute Gasteiger partial charge is 0.352 e. The van der Waals surface area contributed by atoms with Gasteiger partial charge in [0.05, 0.1) is 0 Å². The summed E-state index contributed by atoms with van der Waals surface area (Å²) in [5.74, 6) is -1.38. The summed E-state index contributed by atoms with van der Waals surface area (Å²) in [7, 11) is 0. The molecule has 1 saturated heterocycles. The molecular formula is C16H17F3N4O2. The van der Waals surface area contributed by atoms with Gasteiger partial charge in [0.1, 0.15) is 0 Å². The molecular weight excluding hydrogens is 337 g/mol. The molecule has 1 aliphatic heterocycles. The Balaban J connectivity index is 1.61. The van der Waals surface area contributed by atoms with Gasteiger partial charge in [0.15, 0.2) is 0 Å². The first-order chi connectivity index (χ1) is 11.9. The maximum Gasteiger partial charge on any atom is 0.471 e. The van der Waals surface area contributed by atoms with E-state index in [1.165, 1.54) is 24.3 Å². The maximum atomic E-state index is 12.5. The van der Waals surface area contributed by atoms with Crippen LogP contribution in [0.4, 0.5) is 13.2 Å². The molecule has 0 radical (unpaired) electrons. The highest BCUT2D eigenvalue weighted by molar-refractivity contribution is 5.94. The van der Waals surface area contributed by atoms with Gasteiger partial charge < -0.3 is 15.2 Å². The van der Waals surface area contributed by atoms with Crippen LogP contribution in [0.5, 0.6) is 0 Å². The number of nitrogens with zero attached hydrogens (tertiary/aromatic N) is 2. The fourth-order valence-electron chi connectivity index (χ4n) is 2.66. The SMILES string of the molecule is O=C(NCC1CCCNC1)c1ccc(-c2noc(C(F)(F)F)n2)cc1. The van der Waals surface area contributed by atoms with Crippen LogP contribution in [-0.4, -0.2) is 35.7 Å². The van der Waals surface area contributed by atoms with Gasteiger partial charge in [-0.05, 0) is 44.0 Å². The summed E-state index contributed by atoms with van der Waals surface area (Å²) in [5, 5.41) is 9.47. The summed E-state index contributed by atoms with van der Waals surface area (Å²) < 4.78 is 41.6. The van der Waals surface area contributed by atoms with E-state index in [9.17, 15) is 18.0 Å². The molecule has 0 bridgehead atoms. The number of aromatic nitrogens is 2. The third-order valence-electron chi connectivity index (χ3n) is 4.02. The molecule has 1 atom stereocenters. The molecule has 134 valence electrons. The molecule has 3 rings (SSSR count). The lowest BCUT2D eigenvalue weighted by Crippen LogP contribution is -2.38. The topological polar surface area (TPSA) is 80.0 Å². The van der Waals surface area contributed by atoms with E-state index in [0.29, 0.717) is 23.6 Å². The largest absolute Gasteiger partial charge is 0.471 e. The summed E-state index contributed by atoms with van der Waals surface area (Å²) in [4.78, 5) is 15.5. The Morgan fingerprint density at radius 3 is 2.68 bits per heavy atom. The summed E-state index contributed by atoms with van der Waals surface area (Å²) in [6.45, 7) is 2.49. The van der Waals surface area contributed by atoms with Crippen LogP contribution in [0, 0.1) is 5.92 Å². The first-order valence-electron chi connectivity index (χ1n) is 7.94. The summed E-state index contributed by atoms with van der Waals surface area (Å²) in [6.07, 6.45) is -2.51. The Morgan fingerprint density at radius 1 is 1.32 bits per heavy atom. The van der Waals surface area contributed by atoms with E-state index in [0.717, 1.165) is 25.9 Å². The summed E-state index contributed by atoms with van der Waals surface area (Å²) in [5.41, 5.74) is 0.763. The van der Waals surface area contributed by atoms with E-state index in [1.807, 2.05) is 0 Å². The second-order valence-electron chi connectivity index (χ2n) is 5.92. The molecule has 9 heteroatoms. The molecule has 2 N–H and O–H groups in total. The van der Waals surface area contributed by atoms with Gasteiger partial charge in [-0.2, -0.15) is 18.2 Å². The Kier molecular flexibility index (Phi) is 5.03. The zero-order valence-corrected chi connectivity index (χ0v) is 13.3. The van der Waals surface area contributed by atoms with Crippen LogP contribution in [-0.2, 0) is 6.18 Å². The number of halogens is 3. The fourth-order valence-corrected chi connectivity index (χ4v) is 2.66. The number of nitrogens with one attached hydrogen (secondary N) is 2. The lowest BCUT2D eigenvalue weighted by molar-refractivity contribution is -0.159. The van der Waals surface area contributed by atoms with Crippen molar-refractivity contribution in [1.82, 2.24) is 20.8 Å². The van der Waals surface area contributed by atoms with Gasteiger partial charge in [-0.1, -0.05) is 17.3 Å². The number of hydrogen-bond donors (Lipinski definition) is 2. The highest BCUT2D eigenvalue weighted by atomic mass is 19.4. The Hall–Kier alpha value is -2.42. The number of rotatable bonds is 4. The molecule has 2 aromatic rings. The second-order valence-corrected chi connectivity index (χ2v) is 5.92. The minimum Gasteiger partial charge on any atom is -0.352 e. The van der Waals surface area contributed by atoms with Gasteiger partial charge in [-0.3, -0.25) is 4.79 Å². The molecule has 6 nitrogen and oxygen atoms in total. The van der Waals surface area contributed by atoms with Crippen molar-refractivity contribution in [3.8, 4) is 11.4 Å². The van der Waals surface area contributed by atoms with E-state index in [1.54, 1.807) is 0 Å². The number of carbonyl (C=O) groups excluding carboxylic acids is 1. The van der Waals surface area contributed by atoms with Gasteiger partial charge >= 0.3 is 12.1 Å². The molecule has 1 unspecified atom stereocenters. The molecule has 1 amide bonds. The lowest BCUT2D eigenvalue weighted by atomic mass is 9.99.